The van der Waals surface area contributed by atoms with Crippen molar-refractivity contribution >= 4 is 27.5 Å². The topological polar surface area (TPSA) is 69.6 Å². The Morgan fingerprint density at radius 1 is 1.31 bits per heavy atom. The fourth-order valence-corrected chi connectivity index (χ4v) is 2.47. The van der Waals surface area contributed by atoms with E-state index in [-0.39, 0.29) is 0 Å². The van der Waals surface area contributed by atoms with E-state index in [4.69, 9.17) is 5.73 Å². The van der Waals surface area contributed by atoms with E-state index in [0.717, 1.165) is 10.5 Å². The second kappa shape index (κ2) is 3.57. The molecule has 0 atom stereocenters. The van der Waals surface area contributed by atoms with Crippen LogP contribution in [-0.2, 0) is 6.54 Å². The van der Waals surface area contributed by atoms with Crippen LogP contribution in [0, 0.1) is 0 Å². The SMILES string of the molecule is Nc1ncn(Cc2nc3ccccc3s2)n1. The van der Waals surface area contributed by atoms with Crippen molar-refractivity contribution in [1.82, 2.24) is 19.7 Å². The number of nitrogens with zero attached hydrogens (tertiary/aromatic N) is 4. The van der Waals surface area contributed by atoms with Crippen LogP contribution in [0.2, 0.25) is 0 Å². The molecular weight excluding hydrogens is 222 g/mol. The van der Waals surface area contributed by atoms with Crippen molar-refractivity contribution in [2.24, 2.45) is 0 Å². The first-order valence-corrected chi connectivity index (χ1v) is 5.62. The van der Waals surface area contributed by atoms with Crippen molar-refractivity contribution in [3.8, 4) is 0 Å². The lowest BCUT2D eigenvalue weighted by molar-refractivity contribution is 0.685. The van der Waals surface area contributed by atoms with Crippen LogP contribution in [0.25, 0.3) is 10.2 Å². The Hall–Kier alpha value is -1.95. The smallest absolute Gasteiger partial charge is 0.239 e. The van der Waals surface area contributed by atoms with E-state index in [1.807, 2.05) is 18.2 Å². The van der Waals surface area contributed by atoms with Gasteiger partial charge in [0.2, 0.25) is 5.95 Å². The highest BCUT2D eigenvalue weighted by atomic mass is 32.1. The number of thiazole rings is 1. The Kier molecular flexibility index (Phi) is 2.07. The van der Waals surface area contributed by atoms with Crippen molar-refractivity contribution < 1.29 is 0 Å². The molecule has 0 saturated carbocycles. The number of aromatic nitrogens is 4. The molecule has 0 unspecified atom stereocenters. The molecule has 1 aromatic carbocycles. The summed E-state index contributed by atoms with van der Waals surface area (Å²) in [5.74, 6) is 0.293. The quantitative estimate of drug-likeness (QED) is 0.726. The second-order valence-electron chi connectivity index (χ2n) is 3.38. The number of benzene rings is 1. The number of nitrogen functional groups attached to an aromatic ring is 1. The molecule has 0 amide bonds. The summed E-state index contributed by atoms with van der Waals surface area (Å²) in [5, 5.41) is 5.03. The third kappa shape index (κ3) is 1.63. The van der Waals surface area contributed by atoms with Crippen LogP contribution in [0.5, 0.6) is 0 Å². The van der Waals surface area contributed by atoms with Crippen molar-refractivity contribution in [3.63, 3.8) is 0 Å². The summed E-state index contributed by atoms with van der Waals surface area (Å²) >= 11 is 1.66. The van der Waals surface area contributed by atoms with Gasteiger partial charge in [-0.3, -0.25) is 0 Å². The summed E-state index contributed by atoms with van der Waals surface area (Å²) < 4.78 is 2.87. The molecule has 6 heteroatoms. The van der Waals surface area contributed by atoms with E-state index < -0.39 is 0 Å². The lowest BCUT2D eigenvalue weighted by Crippen LogP contribution is -2.00. The maximum Gasteiger partial charge on any atom is 0.239 e. The number of nitrogens with two attached hydrogens (primary N) is 1. The number of fused-ring (bicyclic) bond motifs is 1. The van der Waals surface area contributed by atoms with Crippen molar-refractivity contribution in [2.75, 3.05) is 5.73 Å². The fraction of sp³-hybridized carbons (Fsp3) is 0.100. The van der Waals surface area contributed by atoms with Gasteiger partial charge in [-0.05, 0) is 12.1 Å². The van der Waals surface area contributed by atoms with Gasteiger partial charge >= 0.3 is 0 Å². The Labute approximate surface area is 95.6 Å². The molecule has 2 heterocycles. The van der Waals surface area contributed by atoms with Gasteiger partial charge in [0, 0.05) is 0 Å². The Balaban J connectivity index is 1.95. The average molecular weight is 231 g/mol. The number of para-hydroxylation sites is 1. The molecule has 3 aromatic rings. The fourth-order valence-electron chi connectivity index (χ4n) is 1.51. The normalized spacial score (nSPS) is 11.0. The molecule has 0 fully saturated rings. The predicted molar refractivity (Wildman–Crippen MR) is 63.2 cm³/mol. The predicted octanol–water partition coefficient (Wildman–Crippen LogP) is 1.52. The molecule has 2 aromatic heterocycles. The molecular formula is C10H9N5S. The zero-order valence-corrected chi connectivity index (χ0v) is 9.18. The first kappa shape index (κ1) is 9.29. The summed E-state index contributed by atoms with van der Waals surface area (Å²) in [6.07, 6.45) is 1.61. The van der Waals surface area contributed by atoms with Gasteiger partial charge in [0.25, 0.3) is 0 Å². The number of anilines is 1. The lowest BCUT2D eigenvalue weighted by Gasteiger charge is -1.93. The largest absolute Gasteiger partial charge is 0.367 e. The molecule has 0 aliphatic rings. The molecule has 5 nitrogen and oxygen atoms in total. The van der Waals surface area contributed by atoms with E-state index in [1.165, 1.54) is 4.70 Å². The summed E-state index contributed by atoms with van der Waals surface area (Å²) in [4.78, 5) is 8.38. The van der Waals surface area contributed by atoms with E-state index in [2.05, 4.69) is 21.1 Å². The minimum atomic E-state index is 0.293. The average Bonchev–Trinajstić information content (AvgIpc) is 2.84. The van der Waals surface area contributed by atoms with Gasteiger partial charge in [-0.2, -0.15) is 0 Å². The van der Waals surface area contributed by atoms with Crippen LogP contribution in [0.15, 0.2) is 30.6 Å². The number of hydrogen-bond donors (Lipinski definition) is 1. The standard InChI is InChI=1S/C10H9N5S/c11-10-12-6-15(14-10)5-9-13-7-3-1-2-4-8(7)16-9/h1-4,6H,5H2,(H2,11,14). The van der Waals surface area contributed by atoms with Crippen LogP contribution >= 0.6 is 11.3 Å². The molecule has 16 heavy (non-hydrogen) atoms. The minimum absolute atomic E-state index is 0.293. The van der Waals surface area contributed by atoms with Crippen molar-refractivity contribution in [2.45, 2.75) is 6.54 Å². The third-order valence-electron chi connectivity index (χ3n) is 2.19. The Morgan fingerprint density at radius 2 is 2.19 bits per heavy atom. The van der Waals surface area contributed by atoms with E-state index >= 15 is 0 Å². The van der Waals surface area contributed by atoms with Gasteiger partial charge in [0.05, 0.1) is 16.8 Å². The van der Waals surface area contributed by atoms with Gasteiger partial charge in [-0.1, -0.05) is 12.1 Å². The molecule has 0 aliphatic carbocycles. The first-order chi connectivity index (χ1) is 7.81. The summed E-state index contributed by atoms with van der Waals surface area (Å²) in [7, 11) is 0. The molecule has 0 spiro atoms. The summed E-state index contributed by atoms with van der Waals surface area (Å²) in [6, 6.07) is 8.06. The number of hydrogen-bond acceptors (Lipinski definition) is 5. The van der Waals surface area contributed by atoms with Crippen LogP contribution in [0.4, 0.5) is 5.95 Å². The van der Waals surface area contributed by atoms with E-state index in [9.17, 15) is 0 Å². The van der Waals surface area contributed by atoms with Gasteiger partial charge in [0.15, 0.2) is 0 Å². The van der Waals surface area contributed by atoms with E-state index in [0.29, 0.717) is 12.5 Å². The Bertz CT molecular complexity index is 594. The third-order valence-corrected chi connectivity index (χ3v) is 3.21. The molecule has 3 rings (SSSR count). The van der Waals surface area contributed by atoms with E-state index in [1.54, 1.807) is 22.3 Å². The maximum absolute atomic E-state index is 5.45. The van der Waals surface area contributed by atoms with Crippen LogP contribution < -0.4 is 5.73 Å². The van der Waals surface area contributed by atoms with Crippen LogP contribution in [0.1, 0.15) is 5.01 Å². The molecule has 2 N–H and O–H groups in total. The first-order valence-electron chi connectivity index (χ1n) is 4.80. The Morgan fingerprint density at radius 3 is 2.94 bits per heavy atom. The monoisotopic (exact) mass is 231 g/mol. The lowest BCUT2D eigenvalue weighted by atomic mass is 10.3. The van der Waals surface area contributed by atoms with Crippen molar-refractivity contribution in [1.29, 1.82) is 0 Å². The highest BCUT2D eigenvalue weighted by molar-refractivity contribution is 7.18. The summed E-state index contributed by atoms with van der Waals surface area (Å²) in [5.41, 5.74) is 6.47. The van der Waals surface area contributed by atoms with Gasteiger partial charge in [-0.25, -0.2) is 14.6 Å². The molecule has 0 radical (unpaired) electrons. The zero-order chi connectivity index (χ0) is 11.0. The summed E-state index contributed by atoms with van der Waals surface area (Å²) in [6.45, 7) is 0.615. The molecule has 0 bridgehead atoms. The van der Waals surface area contributed by atoms with Gasteiger partial charge in [-0.15, -0.1) is 16.4 Å². The highest BCUT2D eigenvalue weighted by Gasteiger charge is 2.04. The molecule has 80 valence electrons. The maximum atomic E-state index is 5.45. The van der Waals surface area contributed by atoms with Crippen LogP contribution in [0.3, 0.4) is 0 Å². The minimum Gasteiger partial charge on any atom is -0.367 e. The highest BCUT2D eigenvalue weighted by Crippen LogP contribution is 2.21. The van der Waals surface area contributed by atoms with Crippen LogP contribution in [-0.4, -0.2) is 19.7 Å². The number of rotatable bonds is 2. The zero-order valence-electron chi connectivity index (χ0n) is 8.37. The second-order valence-corrected chi connectivity index (χ2v) is 4.49. The molecule has 0 aliphatic heterocycles. The van der Waals surface area contributed by atoms with Gasteiger partial charge < -0.3 is 5.73 Å². The van der Waals surface area contributed by atoms with Crippen molar-refractivity contribution in [3.05, 3.63) is 35.6 Å². The van der Waals surface area contributed by atoms with Gasteiger partial charge in [0.1, 0.15) is 11.3 Å². The molecule has 0 saturated heterocycles.